The maximum atomic E-state index is 14.4. The number of rotatable bonds is 8. The monoisotopic (exact) mass is 723 g/mol. The van der Waals surface area contributed by atoms with Crippen LogP contribution in [-0.2, 0) is 16.2 Å². The van der Waals surface area contributed by atoms with Crippen molar-refractivity contribution in [1.82, 2.24) is 5.32 Å². The molecule has 53 heavy (non-hydrogen) atoms. The standard InChI is InChI=1S/C44H38ClN3O5/c1-27-13-15-28(16-14-27)26-53-41-38(45)22-29(23-39(41)52-2)21-37-42(49)46-44(51)48(43(37)50)32-24-35-33(30-9-5-3-6-10-30)17-19-47-20-18-34(36(25-32)40(35)47)31-11-7-4-8-12-31/h3-16,21-25,33-34H,17-20,26H2,1-2H3,(H,46,49,51)/b37-21+/t33-,34-/m0/s1. The Morgan fingerprint density at radius 2 is 1.42 bits per heavy atom. The number of benzene rings is 5. The lowest BCUT2D eigenvalue weighted by molar-refractivity contribution is -0.122. The van der Waals surface area contributed by atoms with E-state index < -0.39 is 17.8 Å². The van der Waals surface area contributed by atoms with Gasteiger partial charge in [0.1, 0.15) is 12.2 Å². The number of halogens is 1. The van der Waals surface area contributed by atoms with Crippen LogP contribution in [0.3, 0.4) is 0 Å². The van der Waals surface area contributed by atoms with Gasteiger partial charge in [-0.25, -0.2) is 9.69 Å². The van der Waals surface area contributed by atoms with Crippen molar-refractivity contribution >= 4 is 46.9 Å². The normalized spacial score (nSPS) is 18.8. The molecule has 4 amide bonds. The zero-order valence-corrected chi connectivity index (χ0v) is 30.2. The van der Waals surface area contributed by atoms with Gasteiger partial charge >= 0.3 is 6.03 Å². The topological polar surface area (TPSA) is 88.2 Å². The summed E-state index contributed by atoms with van der Waals surface area (Å²) >= 11 is 6.70. The first-order valence-electron chi connectivity index (χ1n) is 17.8. The third-order valence-electron chi connectivity index (χ3n) is 10.4. The van der Waals surface area contributed by atoms with Gasteiger partial charge < -0.3 is 14.4 Å². The number of barbiturate groups is 1. The van der Waals surface area contributed by atoms with Crippen LogP contribution >= 0.6 is 11.6 Å². The van der Waals surface area contributed by atoms with Gasteiger partial charge in [-0.3, -0.25) is 14.9 Å². The molecule has 0 unspecified atom stereocenters. The minimum atomic E-state index is -0.796. The zero-order valence-electron chi connectivity index (χ0n) is 29.5. The number of aryl methyl sites for hydroxylation is 1. The van der Waals surface area contributed by atoms with Gasteiger partial charge in [0.2, 0.25) is 0 Å². The summed E-state index contributed by atoms with van der Waals surface area (Å²) in [6, 6.07) is 35.1. The van der Waals surface area contributed by atoms with E-state index in [4.69, 9.17) is 21.1 Å². The smallest absolute Gasteiger partial charge is 0.335 e. The minimum absolute atomic E-state index is 0.0663. The predicted octanol–water partition coefficient (Wildman–Crippen LogP) is 8.78. The van der Waals surface area contributed by atoms with E-state index in [0.29, 0.717) is 22.7 Å². The van der Waals surface area contributed by atoms with E-state index in [1.165, 1.54) is 24.3 Å². The van der Waals surface area contributed by atoms with Crippen LogP contribution in [-0.4, -0.2) is 38.0 Å². The molecule has 0 aromatic heterocycles. The quantitative estimate of drug-likeness (QED) is 0.127. The molecule has 8 nitrogen and oxygen atoms in total. The van der Waals surface area contributed by atoms with Crippen LogP contribution in [0.1, 0.15) is 63.6 Å². The van der Waals surface area contributed by atoms with Crippen molar-refractivity contribution in [2.24, 2.45) is 0 Å². The van der Waals surface area contributed by atoms with Crippen molar-refractivity contribution in [3.05, 3.63) is 159 Å². The SMILES string of the molecule is COc1cc(/C=C2\C(=O)NC(=O)N(c3cc4c5c(c3)[C@H](c3ccccc3)CCN5CC[C@H]4c3ccccc3)C2=O)cc(Cl)c1OCc1ccc(C)cc1. The molecule has 5 aromatic carbocycles. The first kappa shape index (κ1) is 34.2. The van der Waals surface area contributed by atoms with Crippen molar-refractivity contribution in [2.45, 2.75) is 38.2 Å². The van der Waals surface area contributed by atoms with Crippen LogP contribution < -0.4 is 24.6 Å². The van der Waals surface area contributed by atoms with Gasteiger partial charge in [-0.05, 0) is 83.5 Å². The molecule has 0 spiro atoms. The van der Waals surface area contributed by atoms with E-state index in [-0.39, 0.29) is 29.0 Å². The number of methoxy groups -OCH3 is 1. The van der Waals surface area contributed by atoms with Crippen molar-refractivity contribution in [3.8, 4) is 11.5 Å². The highest BCUT2D eigenvalue weighted by Crippen LogP contribution is 2.50. The summed E-state index contributed by atoms with van der Waals surface area (Å²) in [6.45, 7) is 4.11. The predicted molar refractivity (Wildman–Crippen MR) is 207 cm³/mol. The Morgan fingerprint density at radius 3 is 2.00 bits per heavy atom. The summed E-state index contributed by atoms with van der Waals surface area (Å²) < 4.78 is 11.7. The van der Waals surface area contributed by atoms with Gasteiger partial charge in [-0.15, -0.1) is 0 Å². The Morgan fingerprint density at radius 1 is 0.811 bits per heavy atom. The molecule has 3 aliphatic heterocycles. The Labute approximate surface area is 313 Å². The molecular formula is C44H38ClN3O5. The Bertz CT molecular complexity index is 2180. The van der Waals surface area contributed by atoms with Crippen molar-refractivity contribution in [3.63, 3.8) is 0 Å². The molecule has 1 saturated heterocycles. The lowest BCUT2D eigenvalue weighted by Crippen LogP contribution is -2.54. The maximum Gasteiger partial charge on any atom is 0.335 e. The van der Waals surface area contributed by atoms with Crippen LogP contribution in [0.15, 0.2) is 115 Å². The van der Waals surface area contributed by atoms with E-state index in [1.807, 2.05) is 79.7 Å². The number of imide groups is 2. The molecule has 1 fully saturated rings. The third-order valence-corrected chi connectivity index (χ3v) is 10.7. The fourth-order valence-corrected chi connectivity index (χ4v) is 8.10. The number of urea groups is 1. The van der Waals surface area contributed by atoms with E-state index in [1.54, 1.807) is 12.1 Å². The number of ether oxygens (including phenoxy) is 2. The van der Waals surface area contributed by atoms with Crippen molar-refractivity contribution < 1.29 is 23.9 Å². The van der Waals surface area contributed by atoms with Crippen LogP contribution in [0.2, 0.25) is 5.02 Å². The molecule has 0 radical (unpaired) electrons. The number of carbonyl (C=O) groups is 3. The van der Waals surface area contributed by atoms with E-state index >= 15 is 0 Å². The number of carbonyl (C=O) groups excluding carboxylic acids is 3. The number of hydrogen-bond donors (Lipinski definition) is 1. The summed E-state index contributed by atoms with van der Waals surface area (Å²) in [4.78, 5) is 44.9. The minimum Gasteiger partial charge on any atom is -0.493 e. The highest BCUT2D eigenvalue weighted by molar-refractivity contribution is 6.39. The van der Waals surface area contributed by atoms with E-state index in [2.05, 4.69) is 34.5 Å². The highest BCUT2D eigenvalue weighted by Gasteiger charge is 2.40. The first-order valence-corrected chi connectivity index (χ1v) is 18.2. The van der Waals surface area contributed by atoms with Gasteiger partial charge in [0, 0.05) is 30.6 Å². The molecular weight excluding hydrogens is 686 g/mol. The molecule has 8 rings (SSSR count). The summed E-state index contributed by atoms with van der Waals surface area (Å²) in [5.74, 6) is -0.706. The lowest BCUT2D eigenvalue weighted by Gasteiger charge is -2.44. The third kappa shape index (κ3) is 6.55. The molecule has 0 aliphatic carbocycles. The molecule has 2 atom stereocenters. The summed E-state index contributed by atoms with van der Waals surface area (Å²) in [6.07, 6.45) is 3.22. The van der Waals surface area contributed by atoms with Gasteiger partial charge in [-0.2, -0.15) is 0 Å². The fraction of sp³-hybridized carbons (Fsp3) is 0.205. The highest BCUT2D eigenvalue weighted by atomic mass is 35.5. The second-order valence-electron chi connectivity index (χ2n) is 13.7. The average molecular weight is 724 g/mol. The van der Waals surface area contributed by atoms with Crippen LogP contribution in [0.5, 0.6) is 11.5 Å². The van der Waals surface area contributed by atoms with Crippen LogP contribution in [0, 0.1) is 6.92 Å². The molecule has 0 bridgehead atoms. The zero-order chi connectivity index (χ0) is 36.6. The van der Waals surface area contributed by atoms with Crippen LogP contribution in [0.25, 0.3) is 6.08 Å². The molecule has 1 N–H and O–H groups in total. The van der Waals surface area contributed by atoms with E-state index in [9.17, 15) is 14.4 Å². The number of hydrogen-bond acceptors (Lipinski definition) is 6. The molecule has 9 heteroatoms. The molecule has 266 valence electrons. The number of anilines is 2. The van der Waals surface area contributed by atoms with Gasteiger partial charge in [0.05, 0.1) is 17.8 Å². The molecule has 3 aliphatic rings. The average Bonchev–Trinajstić information content (AvgIpc) is 3.17. The fourth-order valence-electron chi connectivity index (χ4n) is 7.83. The van der Waals surface area contributed by atoms with Crippen molar-refractivity contribution in [2.75, 3.05) is 30.0 Å². The van der Waals surface area contributed by atoms with Gasteiger partial charge in [0.15, 0.2) is 11.5 Å². The largest absolute Gasteiger partial charge is 0.493 e. The summed E-state index contributed by atoms with van der Waals surface area (Å²) in [5.41, 5.74) is 8.40. The van der Waals surface area contributed by atoms with Crippen molar-refractivity contribution in [1.29, 1.82) is 0 Å². The Hall–Kier alpha value is -5.86. The summed E-state index contributed by atoms with van der Waals surface area (Å²) in [7, 11) is 1.50. The van der Waals surface area contributed by atoms with E-state index in [0.717, 1.165) is 58.8 Å². The van der Waals surface area contributed by atoms with Crippen LogP contribution in [0.4, 0.5) is 16.2 Å². The maximum absolute atomic E-state index is 14.4. The lowest BCUT2D eigenvalue weighted by atomic mass is 9.76. The number of amides is 4. The second-order valence-corrected chi connectivity index (χ2v) is 14.1. The first-order chi connectivity index (χ1) is 25.8. The molecule has 3 heterocycles. The van der Waals surface area contributed by atoms with Gasteiger partial charge in [-0.1, -0.05) is 102 Å². The Kier molecular flexibility index (Phi) is 9.22. The number of nitrogens with zero attached hydrogens (tertiary/aromatic N) is 2. The van der Waals surface area contributed by atoms with Gasteiger partial charge in [0.25, 0.3) is 11.8 Å². The number of nitrogens with one attached hydrogen (secondary N) is 1. The molecule has 5 aromatic rings. The molecule has 0 saturated carbocycles. The Balaban J connectivity index is 1.18. The second kappa shape index (κ2) is 14.3. The summed E-state index contributed by atoms with van der Waals surface area (Å²) in [5, 5.41) is 2.66.